The van der Waals surface area contributed by atoms with Crippen LogP contribution in [0.25, 0.3) is 0 Å². The summed E-state index contributed by atoms with van der Waals surface area (Å²) in [4.78, 5) is 11.7. The number of ether oxygens (including phenoxy) is 1. The van der Waals surface area contributed by atoms with E-state index >= 15 is 0 Å². The number of para-hydroxylation sites is 1. The van der Waals surface area contributed by atoms with Crippen molar-refractivity contribution in [2.24, 2.45) is 0 Å². The number of benzene rings is 1. The van der Waals surface area contributed by atoms with Gasteiger partial charge in [0.2, 0.25) is 0 Å². The minimum atomic E-state index is -3.07. The number of anilines is 2. The van der Waals surface area contributed by atoms with Gasteiger partial charge in [-0.3, -0.25) is 0 Å². The van der Waals surface area contributed by atoms with Crippen molar-refractivity contribution in [3.8, 4) is 0 Å². The SMILES string of the molecule is CCOC(=O)c1cccc(N)c1NCCS(C)(=O)=O. The van der Waals surface area contributed by atoms with Gasteiger partial charge < -0.3 is 15.8 Å². The van der Waals surface area contributed by atoms with Gasteiger partial charge in [-0.1, -0.05) is 6.07 Å². The zero-order valence-corrected chi connectivity index (χ0v) is 11.8. The normalized spacial score (nSPS) is 11.1. The Morgan fingerprint density at radius 2 is 2.11 bits per heavy atom. The number of rotatable bonds is 6. The van der Waals surface area contributed by atoms with Crippen molar-refractivity contribution >= 4 is 27.2 Å². The molecular weight excluding hydrogens is 268 g/mol. The predicted octanol–water partition coefficient (Wildman–Crippen LogP) is 0.902. The summed E-state index contributed by atoms with van der Waals surface area (Å²) in [6.45, 7) is 2.15. The van der Waals surface area contributed by atoms with E-state index in [9.17, 15) is 13.2 Å². The standard InChI is InChI=1S/C12H18N2O4S/c1-3-18-12(15)9-5-4-6-10(13)11(9)14-7-8-19(2,16)17/h4-6,14H,3,7-8,13H2,1-2H3. The van der Waals surface area contributed by atoms with Crippen molar-refractivity contribution < 1.29 is 17.9 Å². The molecule has 0 aliphatic rings. The number of nitrogens with two attached hydrogens (primary N) is 1. The summed E-state index contributed by atoms with van der Waals surface area (Å²) >= 11 is 0. The lowest BCUT2D eigenvalue weighted by molar-refractivity contribution is 0.0527. The molecule has 0 saturated carbocycles. The summed E-state index contributed by atoms with van der Waals surface area (Å²) in [5.41, 5.74) is 6.87. The topological polar surface area (TPSA) is 98.5 Å². The quantitative estimate of drug-likeness (QED) is 0.595. The van der Waals surface area contributed by atoms with Crippen molar-refractivity contribution in [3.63, 3.8) is 0 Å². The van der Waals surface area contributed by atoms with Crippen molar-refractivity contribution in [1.82, 2.24) is 0 Å². The lowest BCUT2D eigenvalue weighted by Crippen LogP contribution is -2.17. The first-order valence-electron chi connectivity index (χ1n) is 5.82. The fourth-order valence-electron chi connectivity index (χ4n) is 1.51. The highest BCUT2D eigenvalue weighted by molar-refractivity contribution is 7.90. The van der Waals surface area contributed by atoms with Gasteiger partial charge in [0.15, 0.2) is 0 Å². The minimum absolute atomic E-state index is 0.0381. The highest BCUT2D eigenvalue weighted by Crippen LogP contribution is 2.24. The Morgan fingerprint density at radius 1 is 1.42 bits per heavy atom. The molecule has 1 aromatic rings. The first-order valence-corrected chi connectivity index (χ1v) is 7.88. The van der Waals surface area contributed by atoms with Crippen LogP contribution < -0.4 is 11.1 Å². The fourth-order valence-corrected chi connectivity index (χ4v) is 1.98. The van der Waals surface area contributed by atoms with E-state index in [0.29, 0.717) is 16.9 Å². The molecule has 106 valence electrons. The van der Waals surface area contributed by atoms with Crippen LogP contribution in [-0.2, 0) is 14.6 Å². The molecular formula is C12H18N2O4S. The van der Waals surface area contributed by atoms with Gasteiger partial charge >= 0.3 is 5.97 Å². The number of sulfone groups is 1. The molecule has 1 aromatic carbocycles. The molecule has 0 radical (unpaired) electrons. The first-order chi connectivity index (χ1) is 8.85. The van der Waals surface area contributed by atoms with E-state index in [1.165, 1.54) is 0 Å². The molecule has 1 rings (SSSR count). The maximum Gasteiger partial charge on any atom is 0.340 e. The summed E-state index contributed by atoms with van der Waals surface area (Å²) < 4.78 is 27.0. The second-order valence-corrected chi connectivity index (χ2v) is 6.31. The van der Waals surface area contributed by atoms with Gasteiger partial charge in [-0.25, -0.2) is 13.2 Å². The van der Waals surface area contributed by atoms with Crippen LogP contribution >= 0.6 is 0 Å². The lowest BCUT2D eigenvalue weighted by atomic mass is 10.1. The van der Waals surface area contributed by atoms with Crippen LogP contribution in [0.2, 0.25) is 0 Å². The molecule has 6 nitrogen and oxygen atoms in total. The molecule has 3 N–H and O–H groups in total. The van der Waals surface area contributed by atoms with E-state index in [2.05, 4.69) is 5.32 Å². The molecule has 0 amide bonds. The number of nitrogen functional groups attached to an aromatic ring is 1. The number of carbonyl (C=O) groups is 1. The molecule has 0 heterocycles. The number of carbonyl (C=O) groups excluding carboxylic acids is 1. The highest BCUT2D eigenvalue weighted by atomic mass is 32.2. The van der Waals surface area contributed by atoms with Crippen LogP contribution in [0.4, 0.5) is 11.4 Å². The molecule has 0 aliphatic carbocycles. The van der Waals surface area contributed by atoms with Gasteiger partial charge in [0, 0.05) is 12.8 Å². The van der Waals surface area contributed by atoms with Crippen molar-refractivity contribution in [2.75, 3.05) is 36.2 Å². The van der Waals surface area contributed by atoms with E-state index in [0.717, 1.165) is 6.26 Å². The molecule has 0 atom stereocenters. The summed E-state index contributed by atoms with van der Waals surface area (Å²) in [6.07, 6.45) is 1.15. The van der Waals surface area contributed by atoms with Crippen molar-refractivity contribution in [3.05, 3.63) is 23.8 Å². The molecule has 0 aromatic heterocycles. The maximum atomic E-state index is 11.7. The zero-order valence-electron chi connectivity index (χ0n) is 11.0. The summed E-state index contributed by atoms with van der Waals surface area (Å²) in [7, 11) is -3.07. The van der Waals surface area contributed by atoms with Gasteiger partial charge in [-0.15, -0.1) is 0 Å². The summed E-state index contributed by atoms with van der Waals surface area (Å²) in [5.74, 6) is -0.527. The van der Waals surface area contributed by atoms with Crippen LogP contribution in [0.5, 0.6) is 0 Å². The maximum absolute atomic E-state index is 11.7. The van der Waals surface area contributed by atoms with E-state index in [1.54, 1.807) is 25.1 Å². The molecule has 19 heavy (non-hydrogen) atoms. The second-order valence-electron chi connectivity index (χ2n) is 4.05. The van der Waals surface area contributed by atoms with Crippen LogP contribution in [0.3, 0.4) is 0 Å². The third kappa shape index (κ3) is 4.78. The molecule has 0 fully saturated rings. The van der Waals surface area contributed by atoms with Crippen LogP contribution in [-0.4, -0.2) is 39.5 Å². The van der Waals surface area contributed by atoms with Crippen molar-refractivity contribution in [2.45, 2.75) is 6.92 Å². The van der Waals surface area contributed by atoms with E-state index in [4.69, 9.17) is 10.5 Å². The largest absolute Gasteiger partial charge is 0.462 e. The van der Waals surface area contributed by atoms with Gasteiger partial charge in [0.1, 0.15) is 9.84 Å². The van der Waals surface area contributed by atoms with Crippen LogP contribution in [0.15, 0.2) is 18.2 Å². The molecule has 7 heteroatoms. The Bertz CT molecular complexity index is 555. The molecule has 0 unspecified atom stereocenters. The van der Waals surface area contributed by atoms with Crippen molar-refractivity contribution in [1.29, 1.82) is 0 Å². The smallest absolute Gasteiger partial charge is 0.340 e. The Kier molecular flexibility index (Phi) is 5.17. The Morgan fingerprint density at radius 3 is 2.68 bits per heavy atom. The Hall–Kier alpha value is -1.76. The highest BCUT2D eigenvalue weighted by Gasteiger charge is 2.14. The second kappa shape index (κ2) is 6.42. The summed E-state index contributed by atoms with van der Waals surface area (Å²) in [6, 6.07) is 4.85. The first kappa shape index (κ1) is 15.3. The van der Waals surface area contributed by atoms with E-state index < -0.39 is 15.8 Å². The average molecular weight is 286 g/mol. The molecule has 0 aliphatic heterocycles. The number of esters is 1. The third-order valence-corrected chi connectivity index (χ3v) is 3.31. The van der Waals surface area contributed by atoms with E-state index in [-0.39, 0.29) is 18.9 Å². The Labute approximate surface area is 112 Å². The van der Waals surface area contributed by atoms with Gasteiger partial charge in [-0.2, -0.15) is 0 Å². The zero-order chi connectivity index (χ0) is 14.5. The predicted molar refractivity (Wildman–Crippen MR) is 75.0 cm³/mol. The lowest BCUT2D eigenvalue weighted by Gasteiger charge is -2.13. The minimum Gasteiger partial charge on any atom is -0.462 e. The van der Waals surface area contributed by atoms with Gasteiger partial charge in [0.25, 0.3) is 0 Å². The fraction of sp³-hybridized carbons (Fsp3) is 0.417. The Balaban J connectivity index is 2.89. The monoisotopic (exact) mass is 286 g/mol. The molecule has 0 bridgehead atoms. The average Bonchev–Trinajstić information content (AvgIpc) is 2.30. The number of nitrogens with one attached hydrogen (secondary N) is 1. The summed E-state index contributed by atoms with van der Waals surface area (Å²) in [5, 5.41) is 2.87. The number of hydrogen-bond donors (Lipinski definition) is 2. The molecule has 0 saturated heterocycles. The van der Waals surface area contributed by atoms with Crippen LogP contribution in [0.1, 0.15) is 17.3 Å². The van der Waals surface area contributed by atoms with Gasteiger partial charge in [-0.05, 0) is 19.1 Å². The van der Waals surface area contributed by atoms with Gasteiger partial charge in [0.05, 0.1) is 29.3 Å². The number of hydrogen-bond acceptors (Lipinski definition) is 6. The third-order valence-electron chi connectivity index (χ3n) is 2.37. The van der Waals surface area contributed by atoms with E-state index in [1.807, 2.05) is 0 Å². The molecule has 0 spiro atoms. The van der Waals surface area contributed by atoms with Crippen LogP contribution in [0, 0.1) is 0 Å².